The van der Waals surface area contributed by atoms with E-state index in [2.05, 4.69) is 30.4 Å². The van der Waals surface area contributed by atoms with Crippen molar-refractivity contribution in [2.45, 2.75) is 19.8 Å². The molecule has 0 saturated heterocycles. The summed E-state index contributed by atoms with van der Waals surface area (Å²) in [5, 5.41) is 3.97. The SMILES string of the molecule is COc1[c]nc2cccc(-c3nc(C(C)C)cs3)c2c1OC. The third kappa shape index (κ3) is 2.41. The van der Waals surface area contributed by atoms with Gasteiger partial charge in [0.2, 0.25) is 0 Å². The van der Waals surface area contributed by atoms with Gasteiger partial charge in [-0.05, 0) is 12.0 Å². The van der Waals surface area contributed by atoms with Crippen LogP contribution >= 0.6 is 11.3 Å². The van der Waals surface area contributed by atoms with E-state index in [0.717, 1.165) is 27.2 Å². The number of hydrogen-bond acceptors (Lipinski definition) is 5. The number of fused-ring (bicyclic) bond motifs is 1. The van der Waals surface area contributed by atoms with Crippen molar-refractivity contribution in [1.82, 2.24) is 9.97 Å². The van der Waals surface area contributed by atoms with Gasteiger partial charge in [-0.1, -0.05) is 26.0 Å². The van der Waals surface area contributed by atoms with Gasteiger partial charge in [-0.25, -0.2) is 9.97 Å². The van der Waals surface area contributed by atoms with Crippen molar-refractivity contribution in [3.8, 4) is 22.1 Å². The lowest BCUT2D eigenvalue weighted by Gasteiger charge is -2.12. The van der Waals surface area contributed by atoms with Gasteiger partial charge >= 0.3 is 0 Å². The molecule has 0 aliphatic rings. The van der Waals surface area contributed by atoms with E-state index in [1.807, 2.05) is 18.2 Å². The van der Waals surface area contributed by atoms with Crippen LogP contribution in [0.15, 0.2) is 23.6 Å². The van der Waals surface area contributed by atoms with Gasteiger partial charge in [0.25, 0.3) is 0 Å². The average molecular weight is 313 g/mol. The summed E-state index contributed by atoms with van der Waals surface area (Å²) in [6, 6.07) is 5.95. The topological polar surface area (TPSA) is 44.2 Å². The molecule has 113 valence electrons. The fourth-order valence-electron chi connectivity index (χ4n) is 2.33. The van der Waals surface area contributed by atoms with Crippen LogP contribution in [0.2, 0.25) is 0 Å². The first-order valence-corrected chi connectivity index (χ1v) is 7.91. The fourth-order valence-corrected chi connectivity index (χ4v) is 3.35. The van der Waals surface area contributed by atoms with Crippen molar-refractivity contribution in [3.63, 3.8) is 0 Å². The zero-order valence-electron chi connectivity index (χ0n) is 13.0. The van der Waals surface area contributed by atoms with Crippen molar-refractivity contribution >= 4 is 22.2 Å². The largest absolute Gasteiger partial charge is 0.492 e. The van der Waals surface area contributed by atoms with Crippen molar-refractivity contribution in [1.29, 1.82) is 0 Å². The van der Waals surface area contributed by atoms with Crippen molar-refractivity contribution in [3.05, 3.63) is 35.5 Å². The predicted octanol–water partition coefficient (Wildman–Crippen LogP) is 4.30. The molecule has 2 aromatic heterocycles. The predicted molar refractivity (Wildman–Crippen MR) is 88.9 cm³/mol. The molecule has 0 N–H and O–H groups in total. The summed E-state index contributed by atoms with van der Waals surface area (Å²) in [4.78, 5) is 9.08. The molecule has 0 bridgehead atoms. The molecule has 2 heterocycles. The van der Waals surface area contributed by atoms with Gasteiger partial charge in [-0.3, -0.25) is 0 Å². The highest BCUT2D eigenvalue weighted by molar-refractivity contribution is 7.13. The van der Waals surface area contributed by atoms with Gasteiger partial charge in [0.05, 0.1) is 30.8 Å². The normalized spacial score (nSPS) is 11.1. The molecule has 4 nitrogen and oxygen atoms in total. The first kappa shape index (κ1) is 14.8. The first-order valence-electron chi connectivity index (χ1n) is 7.04. The average Bonchev–Trinajstić information content (AvgIpc) is 3.03. The van der Waals surface area contributed by atoms with Crippen LogP contribution < -0.4 is 9.47 Å². The summed E-state index contributed by atoms with van der Waals surface area (Å²) < 4.78 is 10.9. The van der Waals surface area contributed by atoms with E-state index in [9.17, 15) is 0 Å². The first-order chi connectivity index (χ1) is 10.7. The van der Waals surface area contributed by atoms with E-state index in [1.165, 1.54) is 0 Å². The van der Waals surface area contributed by atoms with Gasteiger partial charge in [0, 0.05) is 10.9 Å². The Bertz CT molecular complexity index is 812. The van der Waals surface area contributed by atoms with Crippen molar-refractivity contribution < 1.29 is 9.47 Å². The zero-order chi connectivity index (χ0) is 15.7. The Morgan fingerprint density at radius 1 is 1.18 bits per heavy atom. The number of aromatic nitrogens is 2. The van der Waals surface area contributed by atoms with Crippen LogP contribution in [0.1, 0.15) is 25.5 Å². The minimum Gasteiger partial charge on any atom is -0.492 e. The molecule has 22 heavy (non-hydrogen) atoms. The smallest absolute Gasteiger partial charge is 0.189 e. The maximum Gasteiger partial charge on any atom is 0.189 e. The summed E-state index contributed by atoms with van der Waals surface area (Å²) in [6.07, 6.45) is 2.87. The second kappa shape index (κ2) is 5.93. The number of pyridine rings is 1. The summed E-state index contributed by atoms with van der Waals surface area (Å²) in [7, 11) is 3.22. The van der Waals surface area contributed by atoms with Gasteiger partial charge in [-0.15, -0.1) is 11.3 Å². The minimum atomic E-state index is 0.405. The molecule has 0 aliphatic carbocycles. The second-order valence-corrected chi connectivity index (χ2v) is 6.08. The molecule has 0 spiro atoms. The Labute approximate surface area is 133 Å². The lowest BCUT2D eigenvalue weighted by atomic mass is 10.1. The number of rotatable bonds is 4. The highest BCUT2D eigenvalue weighted by Crippen LogP contribution is 2.40. The molecule has 0 saturated carbocycles. The van der Waals surface area contributed by atoms with Crippen LogP contribution in [0.4, 0.5) is 0 Å². The van der Waals surface area contributed by atoms with E-state index in [4.69, 9.17) is 14.5 Å². The molecule has 1 radical (unpaired) electrons. The fraction of sp³-hybridized carbons (Fsp3) is 0.294. The number of nitrogens with zero attached hydrogens (tertiary/aromatic N) is 2. The molecule has 0 atom stereocenters. The molecule has 0 fully saturated rings. The van der Waals surface area contributed by atoms with Crippen LogP contribution in [0, 0.1) is 6.20 Å². The molecule has 3 aromatic rings. The van der Waals surface area contributed by atoms with Crippen LogP contribution in [-0.4, -0.2) is 24.2 Å². The quantitative estimate of drug-likeness (QED) is 0.720. The highest BCUT2D eigenvalue weighted by Gasteiger charge is 2.17. The summed E-state index contributed by atoms with van der Waals surface area (Å²) in [5.74, 6) is 1.55. The molecule has 0 aliphatic heterocycles. The molecule has 0 unspecified atom stereocenters. The third-order valence-corrected chi connectivity index (χ3v) is 4.40. The van der Waals surface area contributed by atoms with E-state index >= 15 is 0 Å². The van der Waals surface area contributed by atoms with Gasteiger partial charge in [0.15, 0.2) is 11.5 Å². The standard InChI is InChI=1S/C17H17N2O2S/c1-10(2)13-9-22-17(19-13)11-6-5-7-12-15(11)16(21-4)14(20-3)8-18-12/h5-7,9-10H,1-4H3. The number of ether oxygens (including phenoxy) is 2. The molecule has 5 heteroatoms. The Kier molecular flexibility index (Phi) is 3.98. The Balaban J connectivity index is 2.28. The molecule has 1 aromatic carbocycles. The number of methoxy groups -OCH3 is 2. The Morgan fingerprint density at radius 2 is 2.00 bits per heavy atom. The van der Waals surface area contributed by atoms with Gasteiger partial charge < -0.3 is 9.47 Å². The maximum atomic E-state index is 5.55. The summed E-state index contributed by atoms with van der Waals surface area (Å²) in [5.41, 5.74) is 2.92. The zero-order valence-corrected chi connectivity index (χ0v) is 13.8. The second-order valence-electron chi connectivity index (χ2n) is 5.22. The number of thiazole rings is 1. The van der Waals surface area contributed by atoms with Gasteiger partial charge in [0.1, 0.15) is 11.2 Å². The Morgan fingerprint density at radius 3 is 2.64 bits per heavy atom. The summed E-state index contributed by atoms with van der Waals surface area (Å²) in [6.45, 7) is 4.28. The van der Waals surface area contributed by atoms with E-state index < -0.39 is 0 Å². The number of hydrogen-bond donors (Lipinski definition) is 0. The van der Waals surface area contributed by atoms with E-state index in [0.29, 0.717) is 17.4 Å². The van der Waals surface area contributed by atoms with Crippen LogP contribution in [-0.2, 0) is 0 Å². The Hall–Kier alpha value is -2.14. The van der Waals surface area contributed by atoms with Crippen LogP contribution in [0.25, 0.3) is 21.5 Å². The summed E-state index contributed by atoms with van der Waals surface area (Å²) >= 11 is 1.63. The van der Waals surface area contributed by atoms with Crippen molar-refractivity contribution in [2.24, 2.45) is 0 Å². The lowest BCUT2D eigenvalue weighted by Crippen LogP contribution is -1.95. The van der Waals surface area contributed by atoms with Crippen LogP contribution in [0.5, 0.6) is 11.5 Å². The molecule has 3 rings (SSSR count). The monoisotopic (exact) mass is 313 g/mol. The maximum absolute atomic E-state index is 5.55. The third-order valence-electron chi connectivity index (χ3n) is 3.51. The molecular formula is C17H17N2O2S. The number of benzene rings is 1. The lowest BCUT2D eigenvalue weighted by molar-refractivity contribution is 0.356. The van der Waals surface area contributed by atoms with E-state index in [-0.39, 0.29) is 0 Å². The molecule has 0 amide bonds. The van der Waals surface area contributed by atoms with Crippen LogP contribution in [0.3, 0.4) is 0 Å². The van der Waals surface area contributed by atoms with E-state index in [1.54, 1.807) is 25.6 Å². The van der Waals surface area contributed by atoms with Crippen molar-refractivity contribution in [2.75, 3.05) is 14.2 Å². The molecular weight excluding hydrogens is 296 g/mol. The highest BCUT2D eigenvalue weighted by atomic mass is 32.1. The van der Waals surface area contributed by atoms with Gasteiger partial charge in [-0.2, -0.15) is 0 Å². The minimum absolute atomic E-state index is 0.405.